The molecular weight excluding hydrogens is 263 g/mol. The monoisotopic (exact) mass is 274 g/mol. The molecule has 0 amide bonds. The van der Waals surface area contributed by atoms with Crippen LogP contribution in [0, 0.1) is 11.8 Å². The largest absolute Gasteiger partial charge is 0.491 e. The second-order valence-electron chi connectivity index (χ2n) is 3.95. The van der Waals surface area contributed by atoms with Gasteiger partial charge in [0.15, 0.2) is 6.61 Å². The van der Waals surface area contributed by atoms with Crippen LogP contribution in [0.1, 0.15) is 15.9 Å². The van der Waals surface area contributed by atoms with Crippen molar-refractivity contribution in [3.8, 4) is 11.8 Å². The fourth-order valence-corrected chi connectivity index (χ4v) is 1.69. The lowest BCUT2D eigenvalue weighted by Crippen LogP contribution is -2.28. The Labute approximate surface area is 115 Å². The molecule has 7 heteroatoms. The molecule has 0 saturated heterocycles. The van der Waals surface area contributed by atoms with Crippen LogP contribution in [-0.4, -0.2) is 37.8 Å². The van der Waals surface area contributed by atoms with Crippen LogP contribution in [0.5, 0.6) is 0 Å². The van der Waals surface area contributed by atoms with Gasteiger partial charge in [-0.1, -0.05) is 6.07 Å². The average molecular weight is 274 g/mol. The van der Waals surface area contributed by atoms with E-state index in [1.165, 1.54) is 13.2 Å². The number of esters is 2. The molecular formula is C13H11BO6. The van der Waals surface area contributed by atoms with Crippen molar-refractivity contribution in [2.24, 2.45) is 0 Å². The van der Waals surface area contributed by atoms with Crippen LogP contribution in [0.25, 0.3) is 0 Å². The fourth-order valence-electron chi connectivity index (χ4n) is 1.69. The Morgan fingerprint density at radius 1 is 1.50 bits per heavy atom. The molecule has 1 N–H and O–H groups in total. The van der Waals surface area contributed by atoms with Crippen molar-refractivity contribution in [3.05, 3.63) is 29.3 Å². The van der Waals surface area contributed by atoms with Gasteiger partial charge in [0.05, 0.1) is 19.3 Å². The van der Waals surface area contributed by atoms with Crippen molar-refractivity contribution in [1.29, 1.82) is 0 Å². The highest BCUT2D eigenvalue weighted by atomic mass is 16.5. The first-order valence-corrected chi connectivity index (χ1v) is 5.78. The van der Waals surface area contributed by atoms with Gasteiger partial charge >= 0.3 is 19.1 Å². The molecule has 1 aliphatic heterocycles. The minimum absolute atomic E-state index is 0.218. The van der Waals surface area contributed by atoms with Gasteiger partial charge in [0.2, 0.25) is 0 Å². The van der Waals surface area contributed by atoms with E-state index in [0.717, 1.165) is 5.56 Å². The van der Waals surface area contributed by atoms with Gasteiger partial charge in [-0.05, 0) is 29.1 Å². The highest BCUT2D eigenvalue weighted by molar-refractivity contribution is 6.61. The van der Waals surface area contributed by atoms with Gasteiger partial charge in [-0.3, -0.25) is 0 Å². The normalized spacial score (nSPS) is 12.2. The number of carbonyl (C=O) groups is 2. The summed E-state index contributed by atoms with van der Waals surface area (Å²) in [5.74, 6) is 3.21. The number of benzene rings is 1. The lowest BCUT2D eigenvalue weighted by molar-refractivity contribution is -0.133. The van der Waals surface area contributed by atoms with Gasteiger partial charge in [-0.2, -0.15) is 0 Å². The minimum Gasteiger partial charge on any atom is -0.459 e. The van der Waals surface area contributed by atoms with E-state index < -0.39 is 19.1 Å². The first-order chi connectivity index (χ1) is 9.61. The summed E-state index contributed by atoms with van der Waals surface area (Å²) in [5.41, 5.74) is 1.67. The Morgan fingerprint density at radius 3 is 3.05 bits per heavy atom. The number of methoxy groups -OCH3 is 1. The van der Waals surface area contributed by atoms with E-state index in [9.17, 15) is 14.6 Å². The van der Waals surface area contributed by atoms with E-state index in [0.29, 0.717) is 12.1 Å². The van der Waals surface area contributed by atoms with Gasteiger partial charge in [-0.15, -0.1) is 0 Å². The Bertz CT molecular complexity index is 601. The van der Waals surface area contributed by atoms with Crippen LogP contribution in [0.15, 0.2) is 18.2 Å². The number of rotatable bonds is 2. The molecule has 0 aliphatic carbocycles. The Balaban J connectivity index is 1.98. The van der Waals surface area contributed by atoms with E-state index in [-0.39, 0.29) is 12.2 Å². The van der Waals surface area contributed by atoms with Crippen molar-refractivity contribution in [3.63, 3.8) is 0 Å². The summed E-state index contributed by atoms with van der Waals surface area (Å²) >= 11 is 0. The maximum absolute atomic E-state index is 11.7. The fraction of sp³-hybridized carbons (Fsp3) is 0.231. The molecule has 1 aliphatic rings. The SMILES string of the molecule is COC(=O)C#CCOC(=O)c1ccc2c(c1)B(O)OC2. The highest BCUT2D eigenvalue weighted by Gasteiger charge is 2.28. The van der Waals surface area contributed by atoms with Crippen molar-refractivity contribution in [1.82, 2.24) is 0 Å². The number of ether oxygens (including phenoxy) is 2. The summed E-state index contributed by atoms with van der Waals surface area (Å²) in [7, 11) is 0.192. The number of carbonyl (C=O) groups excluding carboxylic acids is 2. The molecule has 20 heavy (non-hydrogen) atoms. The molecule has 1 aromatic carbocycles. The molecule has 1 heterocycles. The molecule has 102 valence electrons. The summed E-state index contributed by atoms with van der Waals surface area (Å²) in [6, 6.07) is 4.79. The molecule has 0 bridgehead atoms. The van der Waals surface area contributed by atoms with E-state index in [4.69, 9.17) is 9.39 Å². The molecule has 0 fully saturated rings. The van der Waals surface area contributed by atoms with Gasteiger partial charge in [0.25, 0.3) is 0 Å². The second-order valence-corrected chi connectivity index (χ2v) is 3.95. The molecule has 0 spiro atoms. The van der Waals surface area contributed by atoms with Crippen molar-refractivity contribution >= 4 is 24.5 Å². The summed E-state index contributed by atoms with van der Waals surface area (Å²) in [6.45, 7) is 0.0977. The molecule has 0 unspecified atom stereocenters. The average Bonchev–Trinajstić information content (AvgIpc) is 2.84. The van der Waals surface area contributed by atoms with Gasteiger partial charge in [0, 0.05) is 5.92 Å². The van der Waals surface area contributed by atoms with E-state index in [2.05, 4.69) is 16.6 Å². The van der Waals surface area contributed by atoms with E-state index in [1.807, 2.05) is 0 Å². The first kappa shape index (κ1) is 14.1. The molecule has 2 rings (SSSR count). The first-order valence-electron chi connectivity index (χ1n) is 5.78. The third-order valence-electron chi connectivity index (χ3n) is 2.70. The second kappa shape index (κ2) is 6.24. The third-order valence-corrected chi connectivity index (χ3v) is 2.70. The maximum Gasteiger partial charge on any atom is 0.491 e. The van der Waals surface area contributed by atoms with Crippen LogP contribution in [0.3, 0.4) is 0 Å². The van der Waals surface area contributed by atoms with Gasteiger partial charge in [0.1, 0.15) is 0 Å². The zero-order chi connectivity index (χ0) is 14.5. The predicted octanol–water partition coefficient (Wildman–Crippen LogP) is -0.763. The summed E-state index contributed by atoms with van der Waals surface area (Å²) in [5, 5.41) is 9.54. The quantitative estimate of drug-likeness (QED) is 0.330. The molecule has 0 saturated carbocycles. The number of hydrogen-bond acceptors (Lipinski definition) is 6. The standard InChI is InChI=1S/C13H11BO6/c1-18-12(15)3-2-6-19-13(16)9-4-5-10-8-20-14(17)11(10)7-9/h4-5,7,17H,6,8H2,1H3. The lowest BCUT2D eigenvalue weighted by atomic mass is 9.79. The van der Waals surface area contributed by atoms with Crippen molar-refractivity contribution in [2.75, 3.05) is 13.7 Å². The van der Waals surface area contributed by atoms with Gasteiger partial charge in [-0.25, -0.2) is 9.59 Å². The van der Waals surface area contributed by atoms with Crippen LogP contribution >= 0.6 is 0 Å². The van der Waals surface area contributed by atoms with Crippen LogP contribution in [0.4, 0.5) is 0 Å². The minimum atomic E-state index is -1.02. The summed E-state index contributed by atoms with van der Waals surface area (Å²) in [4.78, 5) is 22.4. The lowest BCUT2D eigenvalue weighted by Gasteiger charge is -2.03. The van der Waals surface area contributed by atoms with Crippen LogP contribution < -0.4 is 5.46 Å². The number of hydrogen-bond donors (Lipinski definition) is 1. The Morgan fingerprint density at radius 2 is 2.30 bits per heavy atom. The molecule has 6 nitrogen and oxygen atoms in total. The molecule has 0 atom stereocenters. The number of fused-ring (bicyclic) bond motifs is 1. The Hall–Kier alpha value is -2.30. The molecule has 1 aromatic rings. The third kappa shape index (κ3) is 3.17. The van der Waals surface area contributed by atoms with E-state index >= 15 is 0 Å². The van der Waals surface area contributed by atoms with Crippen molar-refractivity contribution < 1.29 is 28.7 Å². The van der Waals surface area contributed by atoms with Crippen LogP contribution in [-0.2, 0) is 25.5 Å². The summed E-state index contributed by atoms with van der Waals surface area (Å²) in [6.07, 6.45) is 0. The Kier molecular flexibility index (Phi) is 4.40. The zero-order valence-electron chi connectivity index (χ0n) is 10.7. The van der Waals surface area contributed by atoms with Gasteiger partial charge < -0.3 is 19.2 Å². The highest BCUT2D eigenvalue weighted by Crippen LogP contribution is 2.12. The topological polar surface area (TPSA) is 82.1 Å². The van der Waals surface area contributed by atoms with Crippen molar-refractivity contribution in [2.45, 2.75) is 6.61 Å². The smallest absolute Gasteiger partial charge is 0.459 e. The van der Waals surface area contributed by atoms with E-state index in [1.54, 1.807) is 12.1 Å². The maximum atomic E-state index is 11.7. The van der Waals surface area contributed by atoms with Crippen LogP contribution in [0.2, 0.25) is 0 Å². The predicted molar refractivity (Wildman–Crippen MR) is 68.9 cm³/mol. The molecule has 0 aromatic heterocycles. The molecule has 0 radical (unpaired) electrons. The summed E-state index contributed by atoms with van der Waals surface area (Å²) < 4.78 is 14.2. The zero-order valence-corrected chi connectivity index (χ0v) is 10.7.